The predicted molar refractivity (Wildman–Crippen MR) is 74.2 cm³/mol. The molecule has 1 unspecified atom stereocenters. The van der Waals surface area contributed by atoms with Crippen LogP contribution in [-0.4, -0.2) is 30.0 Å². The first-order chi connectivity index (χ1) is 9.47. The summed E-state index contributed by atoms with van der Waals surface area (Å²) in [6, 6.07) is 0.619. The zero-order valence-corrected chi connectivity index (χ0v) is 12.1. The molecule has 3 N–H and O–H groups in total. The van der Waals surface area contributed by atoms with Crippen molar-refractivity contribution in [2.45, 2.75) is 25.3 Å². The van der Waals surface area contributed by atoms with Gasteiger partial charge in [0.05, 0.1) is 0 Å². The minimum Gasteiger partial charge on any atom is -0.327 e. The number of hydrazine groups is 1. The second-order valence-corrected chi connectivity index (χ2v) is 4.83. The van der Waals surface area contributed by atoms with Gasteiger partial charge in [-0.1, -0.05) is 0 Å². The average Bonchev–Trinajstić information content (AvgIpc) is 2.89. The van der Waals surface area contributed by atoms with Gasteiger partial charge in [-0.25, -0.2) is 18.6 Å². The molecule has 1 saturated heterocycles. The summed E-state index contributed by atoms with van der Waals surface area (Å²) in [7, 11) is 0. The maximum Gasteiger partial charge on any atom is 0.238 e. The normalized spacial score (nSPS) is 15.7. The third kappa shape index (κ3) is 4.59. The molecule has 0 saturated carbocycles. The molecule has 1 aliphatic heterocycles. The van der Waals surface area contributed by atoms with Gasteiger partial charge in [-0.3, -0.25) is 9.80 Å². The molecular weight excluding hydrogens is 307 g/mol. The van der Waals surface area contributed by atoms with E-state index in [-0.39, 0.29) is 36.7 Å². The SMILES string of the molecule is Cl.NC(CC(=O)N1CCCN1)Cc1cc(F)c(F)cc1F. The summed E-state index contributed by atoms with van der Waals surface area (Å²) in [6.07, 6.45) is 0.868. The quantitative estimate of drug-likeness (QED) is 0.826. The second-order valence-electron chi connectivity index (χ2n) is 4.83. The highest BCUT2D eigenvalue weighted by Gasteiger charge is 2.21. The fourth-order valence-electron chi connectivity index (χ4n) is 2.15. The van der Waals surface area contributed by atoms with Gasteiger partial charge in [0.2, 0.25) is 5.91 Å². The van der Waals surface area contributed by atoms with Crippen LogP contribution in [0.3, 0.4) is 0 Å². The second kappa shape index (κ2) is 7.63. The first-order valence-corrected chi connectivity index (χ1v) is 6.40. The van der Waals surface area contributed by atoms with E-state index in [1.807, 2.05) is 0 Å². The van der Waals surface area contributed by atoms with Crippen LogP contribution < -0.4 is 11.2 Å². The predicted octanol–water partition coefficient (Wildman–Crippen LogP) is 1.52. The lowest BCUT2D eigenvalue weighted by Gasteiger charge is -2.18. The summed E-state index contributed by atoms with van der Waals surface area (Å²) in [4.78, 5) is 11.8. The van der Waals surface area contributed by atoms with Gasteiger partial charge in [-0.05, 0) is 24.5 Å². The Morgan fingerprint density at radius 3 is 2.57 bits per heavy atom. The van der Waals surface area contributed by atoms with Gasteiger partial charge >= 0.3 is 0 Å². The van der Waals surface area contributed by atoms with E-state index in [0.29, 0.717) is 12.6 Å². The van der Waals surface area contributed by atoms with Crippen LogP contribution in [0.4, 0.5) is 13.2 Å². The molecule has 1 atom stereocenters. The molecule has 0 bridgehead atoms. The first kappa shape index (κ1) is 17.7. The number of carbonyl (C=O) groups is 1. The zero-order chi connectivity index (χ0) is 14.7. The molecule has 0 spiro atoms. The van der Waals surface area contributed by atoms with Gasteiger partial charge in [-0.2, -0.15) is 0 Å². The van der Waals surface area contributed by atoms with Crippen molar-refractivity contribution in [1.29, 1.82) is 0 Å². The summed E-state index contributed by atoms with van der Waals surface area (Å²) in [5.41, 5.74) is 8.64. The number of amides is 1. The molecule has 2 rings (SSSR count). The first-order valence-electron chi connectivity index (χ1n) is 6.40. The summed E-state index contributed by atoms with van der Waals surface area (Å²) >= 11 is 0. The van der Waals surface area contributed by atoms with E-state index in [1.165, 1.54) is 5.01 Å². The number of nitrogens with one attached hydrogen (secondary N) is 1. The number of halogens is 4. The van der Waals surface area contributed by atoms with E-state index in [9.17, 15) is 18.0 Å². The Labute approximate surface area is 126 Å². The summed E-state index contributed by atoms with van der Waals surface area (Å²) in [5, 5.41) is 1.47. The smallest absolute Gasteiger partial charge is 0.238 e. The Kier molecular flexibility index (Phi) is 6.44. The van der Waals surface area contributed by atoms with E-state index in [2.05, 4.69) is 5.43 Å². The standard InChI is InChI=1S/C13H16F3N3O.ClH/c14-10-7-12(16)11(15)5-8(10)4-9(17)6-13(20)19-3-1-2-18-19;/h5,7,9,18H,1-4,6,17H2;1H. The Balaban J connectivity index is 0.00000220. The van der Waals surface area contributed by atoms with Gasteiger partial charge in [0.25, 0.3) is 0 Å². The van der Waals surface area contributed by atoms with Gasteiger partial charge in [0, 0.05) is 31.6 Å². The topological polar surface area (TPSA) is 58.4 Å². The monoisotopic (exact) mass is 323 g/mol. The van der Waals surface area contributed by atoms with Crippen LogP contribution >= 0.6 is 12.4 Å². The molecule has 0 aliphatic carbocycles. The molecule has 1 heterocycles. The van der Waals surface area contributed by atoms with Gasteiger partial charge in [0.1, 0.15) is 5.82 Å². The Morgan fingerprint density at radius 1 is 1.29 bits per heavy atom. The number of nitrogens with zero attached hydrogens (tertiary/aromatic N) is 1. The molecule has 8 heteroatoms. The molecule has 1 amide bonds. The summed E-state index contributed by atoms with van der Waals surface area (Å²) in [6.45, 7) is 1.35. The van der Waals surface area contributed by atoms with Crippen molar-refractivity contribution in [3.8, 4) is 0 Å². The van der Waals surface area contributed by atoms with Crippen LogP contribution in [0, 0.1) is 17.5 Å². The minimum atomic E-state index is -1.24. The number of hydrogen-bond donors (Lipinski definition) is 2. The summed E-state index contributed by atoms with van der Waals surface area (Å²) < 4.78 is 39.3. The number of hydrogen-bond acceptors (Lipinski definition) is 3. The summed E-state index contributed by atoms with van der Waals surface area (Å²) in [5.74, 6) is -3.40. The lowest BCUT2D eigenvalue weighted by molar-refractivity contribution is -0.133. The van der Waals surface area contributed by atoms with E-state index < -0.39 is 23.5 Å². The average molecular weight is 324 g/mol. The maximum atomic E-state index is 13.5. The van der Waals surface area contributed by atoms with E-state index in [4.69, 9.17) is 5.73 Å². The van der Waals surface area contributed by atoms with E-state index >= 15 is 0 Å². The molecule has 0 aromatic heterocycles. The van der Waals surface area contributed by atoms with Crippen LogP contribution in [0.15, 0.2) is 12.1 Å². The van der Waals surface area contributed by atoms with E-state index in [1.54, 1.807) is 0 Å². The fraction of sp³-hybridized carbons (Fsp3) is 0.462. The van der Waals surface area contributed by atoms with Crippen LogP contribution in [0.5, 0.6) is 0 Å². The molecular formula is C13H17ClF3N3O. The maximum absolute atomic E-state index is 13.5. The van der Waals surface area contributed by atoms with Gasteiger partial charge < -0.3 is 5.73 Å². The minimum absolute atomic E-state index is 0. The van der Waals surface area contributed by atoms with Crippen molar-refractivity contribution in [3.63, 3.8) is 0 Å². The molecule has 0 radical (unpaired) electrons. The Hall–Kier alpha value is -1.31. The number of carbonyl (C=O) groups excluding carboxylic acids is 1. The van der Waals surface area contributed by atoms with Crippen molar-refractivity contribution >= 4 is 18.3 Å². The molecule has 1 aromatic rings. The molecule has 1 fully saturated rings. The van der Waals surface area contributed by atoms with Crippen molar-refractivity contribution in [2.24, 2.45) is 5.73 Å². The lowest BCUT2D eigenvalue weighted by Crippen LogP contribution is -2.40. The number of nitrogens with two attached hydrogens (primary N) is 1. The van der Waals surface area contributed by atoms with Crippen molar-refractivity contribution < 1.29 is 18.0 Å². The third-order valence-corrected chi connectivity index (χ3v) is 3.17. The molecule has 21 heavy (non-hydrogen) atoms. The third-order valence-electron chi connectivity index (χ3n) is 3.17. The fourth-order valence-corrected chi connectivity index (χ4v) is 2.15. The molecule has 4 nitrogen and oxygen atoms in total. The van der Waals surface area contributed by atoms with Gasteiger partial charge in [0.15, 0.2) is 11.6 Å². The van der Waals surface area contributed by atoms with E-state index in [0.717, 1.165) is 19.0 Å². The molecule has 1 aliphatic rings. The highest BCUT2D eigenvalue weighted by atomic mass is 35.5. The van der Waals surface area contributed by atoms with Crippen LogP contribution in [0.1, 0.15) is 18.4 Å². The number of benzene rings is 1. The highest BCUT2D eigenvalue weighted by Crippen LogP contribution is 2.16. The highest BCUT2D eigenvalue weighted by molar-refractivity contribution is 5.85. The number of rotatable bonds is 4. The van der Waals surface area contributed by atoms with Crippen molar-refractivity contribution in [3.05, 3.63) is 35.1 Å². The van der Waals surface area contributed by atoms with Crippen LogP contribution in [0.2, 0.25) is 0 Å². The largest absolute Gasteiger partial charge is 0.327 e. The van der Waals surface area contributed by atoms with Crippen LogP contribution in [0.25, 0.3) is 0 Å². The van der Waals surface area contributed by atoms with Crippen LogP contribution in [-0.2, 0) is 11.2 Å². The van der Waals surface area contributed by atoms with Gasteiger partial charge in [-0.15, -0.1) is 12.4 Å². The zero-order valence-electron chi connectivity index (χ0n) is 11.2. The lowest BCUT2D eigenvalue weighted by atomic mass is 10.0. The Morgan fingerprint density at radius 2 is 1.95 bits per heavy atom. The Bertz CT molecular complexity index is 510. The molecule has 1 aromatic carbocycles. The molecule has 118 valence electrons. The van der Waals surface area contributed by atoms with Crippen molar-refractivity contribution in [1.82, 2.24) is 10.4 Å². The van der Waals surface area contributed by atoms with Crippen molar-refractivity contribution in [2.75, 3.05) is 13.1 Å².